The number of imidazole rings is 1. The summed E-state index contributed by atoms with van der Waals surface area (Å²) in [4.78, 5) is 4.81. The van der Waals surface area contributed by atoms with Gasteiger partial charge in [0.2, 0.25) is 0 Å². The van der Waals surface area contributed by atoms with Crippen LogP contribution >= 0.6 is 0 Å². The summed E-state index contributed by atoms with van der Waals surface area (Å²) in [5.74, 6) is 1.78. The Labute approximate surface area is 119 Å². The van der Waals surface area contributed by atoms with Gasteiger partial charge in [-0.05, 0) is 37.5 Å². The van der Waals surface area contributed by atoms with Gasteiger partial charge < -0.3 is 15.4 Å². The van der Waals surface area contributed by atoms with E-state index in [9.17, 15) is 5.11 Å². The average molecular weight is 273 g/mol. The molecule has 2 aromatic rings. The third-order valence-electron chi connectivity index (χ3n) is 4.50. The molecule has 1 aromatic carbocycles. The van der Waals surface area contributed by atoms with Crippen molar-refractivity contribution >= 4 is 11.0 Å². The number of aromatic nitrogens is 2. The molecule has 3 N–H and O–H groups in total. The number of nitrogens with two attached hydrogens (primary N) is 1. The second-order valence-corrected chi connectivity index (χ2v) is 6.06. The highest BCUT2D eigenvalue weighted by Gasteiger charge is 2.23. The highest BCUT2D eigenvalue weighted by atomic mass is 16.3. The second-order valence-electron chi connectivity index (χ2n) is 6.06. The minimum Gasteiger partial charge on any atom is -0.387 e. The Balaban J connectivity index is 2.02. The van der Waals surface area contributed by atoms with E-state index in [2.05, 4.69) is 11.6 Å². The first kappa shape index (κ1) is 13.6. The molecule has 0 bridgehead atoms. The number of nitrogens with zero attached hydrogens (tertiary/aromatic N) is 2. The van der Waals surface area contributed by atoms with Gasteiger partial charge in [0.25, 0.3) is 0 Å². The molecule has 0 spiro atoms. The summed E-state index contributed by atoms with van der Waals surface area (Å²) in [6.07, 6.45) is 4.47. The van der Waals surface area contributed by atoms with E-state index in [0.29, 0.717) is 5.92 Å². The molecule has 1 saturated carbocycles. The van der Waals surface area contributed by atoms with Gasteiger partial charge in [-0.2, -0.15) is 0 Å². The van der Waals surface area contributed by atoms with Crippen molar-refractivity contribution in [3.05, 3.63) is 29.6 Å². The molecule has 1 fully saturated rings. The van der Waals surface area contributed by atoms with Gasteiger partial charge in [-0.3, -0.25) is 0 Å². The highest BCUT2D eigenvalue weighted by molar-refractivity contribution is 5.77. The summed E-state index contributed by atoms with van der Waals surface area (Å²) in [6, 6.07) is 5.70. The van der Waals surface area contributed by atoms with Crippen molar-refractivity contribution in [2.24, 2.45) is 12.8 Å². The molecule has 4 heteroatoms. The molecule has 20 heavy (non-hydrogen) atoms. The zero-order valence-corrected chi connectivity index (χ0v) is 12.2. The summed E-state index contributed by atoms with van der Waals surface area (Å²) >= 11 is 0. The number of aryl methyl sites for hydroxylation is 1. The SMILES string of the molecule is CC(N)C(O)c1ccc2c(c1)nc(C1CCCC1)n2C. The van der Waals surface area contributed by atoms with Crippen molar-refractivity contribution in [2.75, 3.05) is 0 Å². The number of rotatable bonds is 3. The Morgan fingerprint density at radius 1 is 1.35 bits per heavy atom. The second kappa shape index (κ2) is 5.19. The zero-order valence-electron chi connectivity index (χ0n) is 12.2. The number of fused-ring (bicyclic) bond motifs is 1. The normalized spacial score (nSPS) is 19.6. The first-order valence-corrected chi connectivity index (χ1v) is 7.48. The molecule has 1 heterocycles. The predicted octanol–water partition coefficient (Wildman–Crippen LogP) is 2.61. The fourth-order valence-corrected chi connectivity index (χ4v) is 3.27. The maximum atomic E-state index is 10.1. The van der Waals surface area contributed by atoms with Gasteiger partial charge in [0.05, 0.1) is 17.1 Å². The van der Waals surface area contributed by atoms with Crippen molar-refractivity contribution in [3.63, 3.8) is 0 Å². The Morgan fingerprint density at radius 3 is 2.70 bits per heavy atom. The molecule has 108 valence electrons. The molecule has 4 nitrogen and oxygen atoms in total. The molecule has 0 radical (unpaired) electrons. The van der Waals surface area contributed by atoms with Crippen LogP contribution in [0.25, 0.3) is 11.0 Å². The van der Waals surface area contributed by atoms with Gasteiger partial charge in [0.15, 0.2) is 0 Å². The fraction of sp³-hybridized carbons (Fsp3) is 0.562. The van der Waals surface area contributed by atoms with Crippen LogP contribution in [0.5, 0.6) is 0 Å². The van der Waals surface area contributed by atoms with Crippen LogP contribution in [0.3, 0.4) is 0 Å². The number of aliphatic hydroxyl groups excluding tert-OH is 1. The fourth-order valence-electron chi connectivity index (χ4n) is 3.27. The Hall–Kier alpha value is -1.39. The van der Waals surface area contributed by atoms with E-state index in [1.54, 1.807) is 0 Å². The molecule has 2 unspecified atom stereocenters. The van der Waals surface area contributed by atoms with Gasteiger partial charge in [0, 0.05) is 19.0 Å². The van der Waals surface area contributed by atoms with Crippen LogP contribution in [0.15, 0.2) is 18.2 Å². The molecule has 1 aromatic heterocycles. The summed E-state index contributed by atoms with van der Waals surface area (Å²) in [6.45, 7) is 1.82. The zero-order chi connectivity index (χ0) is 14.3. The third kappa shape index (κ3) is 2.23. The van der Waals surface area contributed by atoms with Crippen LogP contribution in [0, 0.1) is 0 Å². The number of aliphatic hydroxyl groups is 1. The molecular weight excluding hydrogens is 250 g/mol. The number of hydrogen-bond acceptors (Lipinski definition) is 3. The van der Waals surface area contributed by atoms with E-state index in [4.69, 9.17) is 10.7 Å². The maximum Gasteiger partial charge on any atom is 0.112 e. The molecule has 0 aliphatic heterocycles. The van der Waals surface area contributed by atoms with Crippen LogP contribution in [-0.4, -0.2) is 20.7 Å². The van der Waals surface area contributed by atoms with Crippen LogP contribution in [0.4, 0.5) is 0 Å². The third-order valence-corrected chi connectivity index (χ3v) is 4.50. The lowest BCUT2D eigenvalue weighted by Crippen LogP contribution is -2.24. The maximum absolute atomic E-state index is 10.1. The summed E-state index contributed by atoms with van der Waals surface area (Å²) < 4.78 is 2.20. The average Bonchev–Trinajstić information content (AvgIpc) is 3.05. The standard InChI is InChI=1S/C16H23N3O/c1-10(17)15(20)12-7-8-14-13(9-12)18-16(19(14)2)11-5-3-4-6-11/h7-11,15,20H,3-6,17H2,1-2H3. The van der Waals surface area contributed by atoms with E-state index in [1.807, 2.05) is 25.1 Å². The van der Waals surface area contributed by atoms with Crippen molar-refractivity contribution in [1.82, 2.24) is 9.55 Å². The largest absolute Gasteiger partial charge is 0.387 e. The molecular formula is C16H23N3O. The van der Waals surface area contributed by atoms with E-state index >= 15 is 0 Å². The first-order valence-electron chi connectivity index (χ1n) is 7.48. The van der Waals surface area contributed by atoms with Crippen molar-refractivity contribution in [2.45, 2.75) is 50.7 Å². The van der Waals surface area contributed by atoms with Gasteiger partial charge in [-0.15, -0.1) is 0 Å². The van der Waals surface area contributed by atoms with Gasteiger partial charge in [-0.25, -0.2) is 4.98 Å². The summed E-state index contributed by atoms with van der Waals surface area (Å²) in [5.41, 5.74) is 8.72. The molecule has 0 saturated heterocycles. The molecule has 0 amide bonds. The minimum atomic E-state index is -0.628. The van der Waals surface area contributed by atoms with Gasteiger partial charge in [-0.1, -0.05) is 18.9 Å². The van der Waals surface area contributed by atoms with Gasteiger partial charge in [0.1, 0.15) is 5.82 Å². The van der Waals surface area contributed by atoms with Crippen LogP contribution in [0.2, 0.25) is 0 Å². The monoisotopic (exact) mass is 273 g/mol. The molecule has 1 aliphatic rings. The van der Waals surface area contributed by atoms with E-state index in [1.165, 1.54) is 31.5 Å². The molecule has 3 rings (SSSR count). The summed E-state index contributed by atoms with van der Waals surface area (Å²) in [5, 5.41) is 10.1. The minimum absolute atomic E-state index is 0.273. The first-order chi connectivity index (χ1) is 9.58. The lowest BCUT2D eigenvalue weighted by molar-refractivity contribution is 0.153. The van der Waals surface area contributed by atoms with Crippen molar-refractivity contribution in [1.29, 1.82) is 0 Å². The Kier molecular flexibility index (Phi) is 3.52. The lowest BCUT2D eigenvalue weighted by atomic mass is 10.0. The topological polar surface area (TPSA) is 64.1 Å². The Morgan fingerprint density at radius 2 is 2.05 bits per heavy atom. The molecule has 1 aliphatic carbocycles. The smallest absolute Gasteiger partial charge is 0.112 e. The summed E-state index contributed by atoms with van der Waals surface area (Å²) in [7, 11) is 2.09. The van der Waals surface area contributed by atoms with E-state index < -0.39 is 6.10 Å². The number of hydrogen-bond donors (Lipinski definition) is 2. The lowest BCUT2D eigenvalue weighted by Gasteiger charge is -2.14. The van der Waals surface area contributed by atoms with Gasteiger partial charge >= 0.3 is 0 Å². The quantitative estimate of drug-likeness (QED) is 0.903. The number of benzene rings is 1. The molecule has 2 atom stereocenters. The highest BCUT2D eigenvalue weighted by Crippen LogP contribution is 2.35. The van der Waals surface area contributed by atoms with E-state index in [0.717, 1.165) is 16.6 Å². The van der Waals surface area contributed by atoms with Crippen molar-refractivity contribution in [3.8, 4) is 0 Å². The van der Waals surface area contributed by atoms with Crippen LogP contribution in [-0.2, 0) is 7.05 Å². The Bertz CT molecular complexity index is 611. The van der Waals surface area contributed by atoms with E-state index in [-0.39, 0.29) is 6.04 Å². The predicted molar refractivity (Wildman–Crippen MR) is 80.5 cm³/mol. The van der Waals surface area contributed by atoms with Crippen LogP contribution < -0.4 is 5.73 Å². The van der Waals surface area contributed by atoms with Crippen LogP contribution in [0.1, 0.15) is 56.0 Å². The van der Waals surface area contributed by atoms with Crippen molar-refractivity contribution < 1.29 is 5.11 Å².